The Morgan fingerprint density at radius 1 is 1.04 bits per heavy atom. The Hall–Kier alpha value is -3.41. The van der Waals surface area contributed by atoms with Gasteiger partial charge in [-0.1, -0.05) is 6.07 Å². The molecule has 0 radical (unpaired) electrons. The fourth-order valence-electron chi connectivity index (χ4n) is 3.43. The number of aromatic nitrogens is 2. The smallest absolute Gasteiger partial charge is 0.255 e. The van der Waals surface area contributed by atoms with Crippen molar-refractivity contribution in [1.82, 2.24) is 9.78 Å². The molecule has 3 aromatic rings. The molecule has 1 N–H and O–H groups in total. The van der Waals surface area contributed by atoms with Gasteiger partial charge >= 0.3 is 0 Å². The van der Waals surface area contributed by atoms with Crippen molar-refractivity contribution in [2.24, 2.45) is 0 Å². The average molecular weight is 374 g/mol. The third-order valence-corrected chi connectivity index (χ3v) is 4.95. The van der Waals surface area contributed by atoms with E-state index in [-0.39, 0.29) is 11.8 Å². The molecule has 0 aliphatic carbocycles. The molecule has 1 fully saturated rings. The molecule has 0 saturated carbocycles. The predicted octanol–water partition coefficient (Wildman–Crippen LogP) is 3.95. The van der Waals surface area contributed by atoms with E-state index >= 15 is 0 Å². The van der Waals surface area contributed by atoms with E-state index in [1.54, 1.807) is 23.2 Å². The summed E-state index contributed by atoms with van der Waals surface area (Å²) < 4.78 is 1.82. The molecule has 4 rings (SSSR count). The van der Waals surface area contributed by atoms with E-state index in [4.69, 9.17) is 0 Å². The van der Waals surface area contributed by atoms with Crippen LogP contribution in [0.1, 0.15) is 35.3 Å². The molecule has 0 atom stereocenters. The molecule has 0 unspecified atom stereocenters. The lowest BCUT2D eigenvalue weighted by Gasteiger charge is -2.27. The van der Waals surface area contributed by atoms with Crippen LogP contribution < -0.4 is 10.2 Å². The van der Waals surface area contributed by atoms with Crippen molar-refractivity contribution in [3.8, 4) is 5.69 Å². The summed E-state index contributed by atoms with van der Waals surface area (Å²) in [6, 6.07) is 16.7. The molecule has 1 saturated heterocycles. The Kier molecular flexibility index (Phi) is 4.93. The zero-order valence-electron chi connectivity index (χ0n) is 15.8. The third kappa shape index (κ3) is 3.67. The monoisotopic (exact) mass is 374 g/mol. The number of aryl methyl sites for hydroxylation is 1. The number of carbonyl (C=O) groups excluding carboxylic acids is 2. The summed E-state index contributed by atoms with van der Waals surface area (Å²) in [4.78, 5) is 26.5. The molecular formula is C22H22N4O2. The van der Waals surface area contributed by atoms with Crippen LogP contribution in [0.25, 0.3) is 5.69 Å². The van der Waals surface area contributed by atoms with Gasteiger partial charge in [0.05, 0.1) is 5.69 Å². The second kappa shape index (κ2) is 7.68. The van der Waals surface area contributed by atoms with Crippen LogP contribution in [0.3, 0.4) is 0 Å². The first-order valence-corrected chi connectivity index (χ1v) is 9.45. The van der Waals surface area contributed by atoms with E-state index < -0.39 is 0 Å². The minimum atomic E-state index is -0.189. The molecule has 1 aromatic heterocycles. The van der Waals surface area contributed by atoms with Crippen molar-refractivity contribution in [3.63, 3.8) is 0 Å². The number of carbonyl (C=O) groups is 2. The highest BCUT2D eigenvalue weighted by Crippen LogP contribution is 2.24. The van der Waals surface area contributed by atoms with Gasteiger partial charge in [-0.2, -0.15) is 5.10 Å². The van der Waals surface area contributed by atoms with E-state index in [2.05, 4.69) is 10.4 Å². The fourth-order valence-corrected chi connectivity index (χ4v) is 3.43. The highest BCUT2D eigenvalue weighted by molar-refractivity contribution is 6.05. The van der Waals surface area contributed by atoms with Crippen LogP contribution in [0.5, 0.6) is 0 Å². The first-order valence-electron chi connectivity index (χ1n) is 9.45. The molecule has 142 valence electrons. The zero-order chi connectivity index (χ0) is 19.5. The summed E-state index contributed by atoms with van der Waals surface area (Å²) in [6.45, 7) is 2.71. The molecule has 0 spiro atoms. The predicted molar refractivity (Wildman–Crippen MR) is 109 cm³/mol. The van der Waals surface area contributed by atoms with Gasteiger partial charge in [-0.05, 0) is 68.3 Å². The second-order valence-electron chi connectivity index (χ2n) is 6.94. The lowest BCUT2D eigenvalue weighted by Crippen LogP contribution is -2.35. The first kappa shape index (κ1) is 18.0. The maximum absolute atomic E-state index is 12.6. The van der Waals surface area contributed by atoms with Crippen LogP contribution in [0.4, 0.5) is 11.4 Å². The molecule has 1 aliphatic heterocycles. The van der Waals surface area contributed by atoms with Gasteiger partial charge in [-0.25, -0.2) is 4.68 Å². The highest BCUT2D eigenvalue weighted by atomic mass is 16.2. The summed E-state index contributed by atoms with van der Waals surface area (Å²) in [5.74, 6) is -0.0508. The second-order valence-corrected chi connectivity index (χ2v) is 6.94. The van der Waals surface area contributed by atoms with Gasteiger partial charge in [0.25, 0.3) is 5.91 Å². The Balaban J connectivity index is 1.48. The fraction of sp³-hybridized carbons (Fsp3) is 0.227. The highest BCUT2D eigenvalue weighted by Gasteiger charge is 2.19. The van der Waals surface area contributed by atoms with E-state index in [1.807, 2.05) is 54.1 Å². The van der Waals surface area contributed by atoms with Crippen molar-refractivity contribution in [3.05, 3.63) is 72.1 Å². The van der Waals surface area contributed by atoms with Crippen LogP contribution in [0.15, 0.2) is 60.8 Å². The van der Waals surface area contributed by atoms with Gasteiger partial charge in [0.2, 0.25) is 5.91 Å². The van der Waals surface area contributed by atoms with Crippen LogP contribution in [-0.4, -0.2) is 28.1 Å². The van der Waals surface area contributed by atoms with Gasteiger partial charge in [0.15, 0.2) is 0 Å². The number of amides is 2. The third-order valence-electron chi connectivity index (χ3n) is 4.95. The maximum atomic E-state index is 12.6. The van der Waals surface area contributed by atoms with Crippen molar-refractivity contribution in [2.45, 2.75) is 26.2 Å². The van der Waals surface area contributed by atoms with Crippen molar-refractivity contribution in [1.29, 1.82) is 0 Å². The molecule has 6 nitrogen and oxygen atoms in total. The number of anilines is 2. The first-order chi connectivity index (χ1) is 13.6. The Morgan fingerprint density at radius 2 is 1.86 bits per heavy atom. The van der Waals surface area contributed by atoms with E-state index in [9.17, 15) is 9.59 Å². The van der Waals surface area contributed by atoms with Gasteiger partial charge in [0.1, 0.15) is 0 Å². The number of benzene rings is 2. The molecule has 2 heterocycles. The lowest BCUT2D eigenvalue weighted by molar-refractivity contribution is -0.119. The standard InChI is InChI=1S/C22H22N4O2/c1-16-12-13-23-26(16)19-10-8-17(9-11-19)22(28)24-18-5-4-6-20(15-18)25-14-3-2-7-21(25)27/h4-6,8-13,15H,2-3,7,14H2,1H3,(H,24,28). The summed E-state index contributed by atoms with van der Waals surface area (Å²) in [6.07, 6.45) is 4.28. The Labute approximate surface area is 163 Å². The van der Waals surface area contributed by atoms with Crippen LogP contribution in [0.2, 0.25) is 0 Å². The summed E-state index contributed by atoms with van der Waals surface area (Å²) in [5, 5.41) is 7.19. The van der Waals surface area contributed by atoms with Gasteiger partial charge in [0, 0.05) is 41.8 Å². The molecule has 28 heavy (non-hydrogen) atoms. The van der Waals surface area contributed by atoms with Crippen molar-refractivity contribution in [2.75, 3.05) is 16.8 Å². The summed E-state index contributed by atoms with van der Waals surface area (Å²) in [7, 11) is 0. The molecule has 2 aromatic carbocycles. The SMILES string of the molecule is Cc1ccnn1-c1ccc(C(=O)Nc2cccc(N3CCCCC3=O)c2)cc1. The Bertz CT molecular complexity index is 1010. The maximum Gasteiger partial charge on any atom is 0.255 e. The van der Waals surface area contributed by atoms with Gasteiger partial charge in [-0.15, -0.1) is 0 Å². The van der Waals surface area contributed by atoms with Crippen molar-refractivity contribution >= 4 is 23.2 Å². The molecular weight excluding hydrogens is 352 g/mol. The normalized spacial score (nSPS) is 14.2. The number of rotatable bonds is 4. The van der Waals surface area contributed by atoms with Crippen molar-refractivity contribution < 1.29 is 9.59 Å². The average Bonchev–Trinajstić information content (AvgIpc) is 3.14. The summed E-state index contributed by atoms with van der Waals surface area (Å²) in [5.41, 5.74) is 4.00. The largest absolute Gasteiger partial charge is 0.322 e. The lowest BCUT2D eigenvalue weighted by atomic mass is 10.1. The van der Waals surface area contributed by atoms with Gasteiger partial charge < -0.3 is 10.2 Å². The molecule has 1 aliphatic rings. The van der Waals surface area contributed by atoms with E-state index in [0.29, 0.717) is 17.7 Å². The zero-order valence-corrected chi connectivity index (χ0v) is 15.8. The van der Waals surface area contributed by atoms with Crippen LogP contribution in [-0.2, 0) is 4.79 Å². The Morgan fingerprint density at radius 3 is 2.57 bits per heavy atom. The van der Waals surface area contributed by atoms with Crippen LogP contribution in [0, 0.1) is 6.92 Å². The molecule has 6 heteroatoms. The number of hydrogen-bond donors (Lipinski definition) is 1. The minimum absolute atomic E-state index is 0.138. The summed E-state index contributed by atoms with van der Waals surface area (Å²) >= 11 is 0. The quantitative estimate of drug-likeness (QED) is 0.752. The molecule has 0 bridgehead atoms. The minimum Gasteiger partial charge on any atom is -0.322 e. The molecule has 2 amide bonds. The number of nitrogens with one attached hydrogen (secondary N) is 1. The topological polar surface area (TPSA) is 67.2 Å². The number of hydrogen-bond acceptors (Lipinski definition) is 3. The number of nitrogens with zero attached hydrogens (tertiary/aromatic N) is 3. The van der Waals surface area contributed by atoms with E-state index in [1.165, 1.54) is 0 Å². The van der Waals surface area contributed by atoms with E-state index in [0.717, 1.165) is 36.5 Å². The number of piperidine rings is 1. The van der Waals surface area contributed by atoms with Gasteiger partial charge in [-0.3, -0.25) is 9.59 Å². The van der Waals surface area contributed by atoms with Crippen LogP contribution >= 0.6 is 0 Å².